The van der Waals surface area contributed by atoms with Crippen molar-refractivity contribution in [1.82, 2.24) is 0 Å². The molecule has 0 aromatic rings. The lowest BCUT2D eigenvalue weighted by Gasteiger charge is -2.01. The van der Waals surface area contributed by atoms with Gasteiger partial charge >= 0.3 is 0 Å². The number of hydrogen-bond donors (Lipinski definition) is 3. The lowest BCUT2D eigenvalue weighted by Crippen LogP contribution is -2.21. The summed E-state index contributed by atoms with van der Waals surface area (Å²) in [5.74, 6) is -0.615. The minimum atomic E-state index is -4.03. The van der Waals surface area contributed by atoms with E-state index in [0.717, 1.165) is 0 Å². The molecule has 0 aromatic carbocycles. The van der Waals surface area contributed by atoms with Crippen LogP contribution in [-0.2, 0) is 10.1 Å². The van der Waals surface area contributed by atoms with Crippen molar-refractivity contribution in [3.63, 3.8) is 0 Å². The van der Waals surface area contributed by atoms with Gasteiger partial charge in [-0.15, -0.1) is 0 Å². The largest absolute Gasteiger partial charge is 0.391 e. The maximum Gasteiger partial charge on any atom is 0.267 e. The standard InChI is InChI=1S/C3H8O4S2/c4-3(1-8)2-9(5,6)7/h3-4,8H,1-2H2,(H,5,6,7)/t3-/m1/s1. The monoisotopic (exact) mass is 172 g/mol. The van der Waals surface area contributed by atoms with Crippen LogP contribution in [0.4, 0.5) is 0 Å². The Morgan fingerprint density at radius 1 is 1.56 bits per heavy atom. The molecule has 0 bridgehead atoms. The van der Waals surface area contributed by atoms with Gasteiger partial charge in [-0.3, -0.25) is 4.55 Å². The number of rotatable bonds is 3. The normalized spacial score (nSPS) is 15.4. The van der Waals surface area contributed by atoms with Crippen LogP contribution in [0, 0.1) is 0 Å². The van der Waals surface area contributed by atoms with E-state index in [0.29, 0.717) is 0 Å². The highest BCUT2D eigenvalue weighted by molar-refractivity contribution is 7.86. The predicted octanol–water partition coefficient (Wildman–Crippen LogP) is -0.835. The molecule has 0 saturated carbocycles. The molecule has 0 aliphatic heterocycles. The fraction of sp³-hybridized carbons (Fsp3) is 1.00. The summed E-state index contributed by atoms with van der Waals surface area (Å²) in [6.45, 7) is 0. The molecule has 9 heavy (non-hydrogen) atoms. The Hall–Kier alpha value is 0.220. The lowest BCUT2D eigenvalue weighted by molar-refractivity contribution is 0.220. The van der Waals surface area contributed by atoms with Gasteiger partial charge in [0.2, 0.25) is 0 Å². The minimum absolute atomic E-state index is 0.0276. The van der Waals surface area contributed by atoms with E-state index in [1.54, 1.807) is 0 Å². The molecule has 0 spiro atoms. The molecule has 0 amide bonds. The molecule has 2 N–H and O–H groups in total. The summed E-state index contributed by atoms with van der Waals surface area (Å²) in [5, 5.41) is 8.58. The molecule has 6 heteroatoms. The Morgan fingerprint density at radius 3 is 2.11 bits per heavy atom. The fourth-order valence-electron chi connectivity index (χ4n) is 0.296. The lowest BCUT2D eigenvalue weighted by atomic mass is 10.5. The third kappa shape index (κ3) is 6.10. The topological polar surface area (TPSA) is 74.6 Å². The molecule has 0 aromatic heterocycles. The maximum atomic E-state index is 9.96. The molecular formula is C3H8O4S2. The van der Waals surface area contributed by atoms with Gasteiger partial charge in [-0.25, -0.2) is 0 Å². The zero-order valence-corrected chi connectivity index (χ0v) is 6.27. The summed E-state index contributed by atoms with van der Waals surface area (Å²) >= 11 is 3.60. The van der Waals surface area contributed by atoms with E-state index in [9.17, 15) is 8.42 Å². The quantitative estimate of drug-likeness (QED) is 0.383. The molecule has 0 radical (unpaired) electrons. The SMILES string of the molecule is O=S(=O)(O)C[C@H](O)CS. The Labute approximate surface area is 59.0 Å². The van der Waals surface area contributed by atoms with Crippen molar-refractivity contribution in [3.05, 3.63) is 0 Å². The van der Waals surface area contributed by atoms with Gasteiger partial charge in [0.05, 0.1) is 6.10 Å². The van der Waals surface area contributed by atoms with Crippen LogP contribution in [0.1, 0.15) is 0 Å². The van der Waals surface area contributed by atoms with E-state index < -0.39 is 22.0 Å². The van der Waals surface area contributed by atoms with Crippen LogP contribution < -0.4 is 0 Å². The van der Waals surface area contributed by atoms with Crippen LogP contribution >= 0.6 is 12.6 Å². The van der Waals surface area contributed by atoms with Crippen molar-refractivity contribution in [1.29, 1.82) is 0 Å². The number of thiol groups is 1. The third-order valence-electron chi connectivity index (χ3n) is 0.614. The van der Waals surface area contributed by atoms with E-state index in [4.69, 9.17) is 9.66 Å². The van der Waals surface area contributed by atoms with Crippen molar-refractivity contribution in [2.75, 3.05) is 11.5 Å². The highest BCUT2D eigenvalue weighted by Crippen LogP contribution is 1.91. The summed E-state index contributed by atoms with van der Waals surface area (Å²) in [5.41, 5.74) is 0. The molecule has 1 atom stereocenters. The van der Waals surface area contributed by atoms with E-state index in [2.05, 4.69) is 12.6 Å². The zero-order valence-electron chi connectivity index (χ0n) is 4.56. The predicted molar refractivity (Wildman–Crippen MR) is 36.3 cm³/mol. The third-order valence-corrected chi connectivity index (χ3v) is 1.84. The zero-order chi connectivity index (χ0) is 7.49. The Bertz CT molecular complexity index is 161. The fourth-order valence-corrected chi connectivity index (χ4v) is 1.20. The average molecular weight is 172 g/mol. The smallest absolute Gasteiger partial charge is 0.267 e. The molecule has 0 aliphatic rings. The van der Waals surface area contributed by atoms with E-state index in [-0.39, 0.29) is 5.75 Å². The highest BCUT2D eigenvalue weighted by Gasteiger charge is 2.11. The van der Waals surface area contributed by atoms with Crippen LogP contribution in [0.15, 0.2) is 0 Å². The van der Waals surface area contributed by atoms with Crippen molar-refractivity contribution in [2.24, 2.45) is 0 Å². The molecule has 56 valence electrons. The van der Waals surface area contributed by atoms with E-state index >= 15 is 0 Å². The Kier molecular flexibility index (Phi) is 3.49. The second kappa shape index (κ2) is 3.40. The maximum absolute atomic E-state index is 9.96. The molecular weight excluding hydrogens is 164 g/mol. The molecule has 0 unspecified atom stereocenters. The van der Waals surface area contributed by atoms with Crippen LogP contribution in [0.25, 0.3) is 0 Å². The summed E-state index contributed by atoms with van der Waals surface area (Å²) < 4.78 is 28.0. The van der Waals surface area contributed by atoms with Crippen LogP contribution in [-0.4, -0.2) is 35.7 Å². The highest BCUT2D eigenvalue weighted by atomic mass is 32.2. The number of hydrogen-bond acceptors (Lipinski definition) is 4. The van der Waals surface area contributed by atoms with E-state index in [1.165, 1.54) is 0 Å². The van der Waals surface area contributed by atoms with Crippen molar-refractivity contribution < 1.29 is 18.1 Å². The molecule has 0 aliphatic carbocycles. The van der Waals surface area contributed by atoms with Crippen LogP contribution in [0.5, 0.6) is 0 Å². The van der Waals surface area contributed by atoms with Crippen LogP contribution in [0.3, 0.4) is 0 Å². The van der Waals surface area contributed by atoms with Gasteiger partial charge in [-0.05, 0) is 0 Å². The Morgan fingerprint density at radius 2 is 2.00 bits per heavy atom. The van der Waals surface area contributed by atoms with Gasteiger partial charge in [0.1, 0.15) is 5.75 Å². The molecule has 0 fully saturated rings. The average Bonchev–Trinajstić information content (AvgIpc) is 1.62. The van der Waals surface area contributed by atoms with Gasteiger partial charge in [-0.2, -0.15) is 21.0 Å². The van der Waals surface area contributed by atoms with Gasteiger partial charge < -0.3 is 5.11 Å². The van der Waals surface area contributed by atoms with E-state index in [1.807, 2.05) is 0 Å². The number of aliphatic hydroxyl groups is 1. The van der Waals surface area contributed by atoms with Crippen molar-refractivity contribution in [2.45, 2.75) is 6.10 Å². The second-order valence-corrected chi connectivity index (χ2v) is 3.45. The second-order valence-electron chi connectivity index (χ2n) is 1.58. The molecule has 4 nitrogen and oxygen atoms in total. The first kappa shape index (κ1) is 9.22. The first-order valence-corrected chi connectivity index (χ1v) is 4.44. The summed E-state index contributed by atoms with van der Waals surface area (Å²) in [6.07, 6.45) is -1.08. The number of aliphatic hydroxyl groups excluding tert-OH is 1. The minimum Gasteiger partial charge on any atom is -0.391 e. The van der Waals surface area contributed by atoms with Gasteiger partial charge in [0, 0.05) is 5.75 Å². The Balaban J connectivity index is 3.75. The molecule has 0 rings (SSSR count). The summed E-state index contributed by atoms with van der Waals surface area (Å²) in [4.78, 5) is 0. The van der Waals surface area contributed by atoms with Gasteiger partial charge in [0.15, 0.2) is 0 Å². The van der Waals surface area contributed by atoms with Gasteiger partial charge in [-0.1, -0.05) is 0 Å². The summed E-state index contributed by atoms with van der Waals surface area (Å²) in [6, 6.07) is 0. The van der Waals surface area contributed by atoms with Crippen molar-refractivity contribution in [3.8, 4) is 0 Å². The van der Waals surface area contributed by atoms with Crippen molar-refractivity contribution >= 4 is 22.7 Å². The first-order valence-electron chi connectivity index (χ1n) is 2.20. The molecule has 0 saturated heterocycles. The van der Waals surface area contributed by atoms with Crippen LogP contribution in [0.2, 0.25) is 0 Å². The first-order chi connectivity index (χ1) is 3.95. The molecule has 0 heterocycles. The summed E-state index contributed by atoms with van der Waals surface area (Å²) in [7, 11) is -4.03. The van der Waals surface area contributed by atoms with Gasteiger partial charge in [0.25, 0.3) is 10.1 Å².